The van der Waals surface area contributed by atoms with Crippen LogP contribution in [-0.4, -0.2) is 77.6 Å². The summed E-state index contributed by atoms with van der Waals surface area (Å²) in [5.74, 6) is 0.565. The van der Waals surface area contributed by atoms with Crippen molar-refractivity contribution in [2.24, 2.45) is 0 Å². The summed E-state index contributed by atoms with van der Waals surface area (Å²) in [5, 5.41) is 0. The normalized spacial score (nSPS) is 14.3. The van der Waals surface area contributed by atoms with Gasteiger partial charge in [0, 0.05) is 51.7 Å². The minimum atomic E-state index is -0.277. The number of amides is 2. The molecule has 0 N–H and O–H groups in total. The van der Waals surface area contributed by atoms with Crippen molar-refractivity contribution in [1.29, 1.82) is 0 Å². The molecule has 0 aromatic carbocycles. The first kappa shape index (κ1) is 19.9. The van der Waals surface area contributed by atoms with Crippen molar-refractivity contribution in [3.05, 3.63) is 18.0 Å². The van der Waals surface area contributed by atoms with E-state index in [1.165, 1.54) is 0 Å². The van der Waals surface area contributed by atoms with Crippen LogP contribution in [-0.2, 0) is 4.74 Å². The zero-order valence-electron chi connectivity index (χ0n) is 16.0. The molecule has 0 spiro atoms. The fraction of sp³-hybridized carbons (Fsp3) is 0.667. The van der Waals surface area contributed by atoms with E-state index in [2.05, 4.69) is 23.8 Å². The average Bonchev–Trinajstić information content (AvgIpc) is 2.68. The lowest BCUT2D eigenvalue weighted by Crippen LogP contribution is -2.49. The Morgan fingerprint density at radius 3 is 2.12 bits per heavy atom. The number of rotatable bonds is 7. The Balaban J connectivity index is 1.95. The number of aromatic nitrogens is 2. The van der Waals surface area contributed by atoms with Crippen molar-refractivity contribution in [2.75, 3.05) is 50.8 Å². The molecule has 1 fully saturated rings. The molecule has 8 nitrogen and oxygen atoms in total. The fourth-order valence-electron chi connectivity index (χ4n) is 2.94. The maximum absolute atomic E-state index is 12.6. The predicted octanol–water partition coefficient (Wildman–Crippen LogP) is 2.02. The Kier molecular flexibility index (Phi) is 7.62. The highest BCUT2D eigenvalue weighted by Gasteiger charge is 2.23. The summed E-state index contributed by atoms with van der Waals surface area (Å²) in [5.41, 5.74) is 0.515. The van der Waals surface area contributed by atoms with Crippen LogP contribution in [0.2, 0.25) is 0 Å². The largest absolute Gasteiger partial charge is 0.450 e. The van der Waals surface area contributed by atoms with Crippen molar-refractivity contribution in [2.45, 2.75) is 33.6 Å². The lowest BCUT2D eigenvalue weighted by molar-refractivity contribution is 0.0754. The second-order valence-electron chi connectivity index (χ2n) is 6.24. The zero-order valence-corrected chi connectivity index (χ0v) is 16.0. The average molecular weight is 363 g/mol. The highest BCUT2D eigenvalue weighted by atomic mass is 16.6. The molecule has 1 aliphatic heterocycles. The van der Waals surface area contributed by atoms with Crippen LogP contribution < -0.4 is 4.90 Å². The van der Waals surface area contributed by atoms with E-state index < -0.39 is 0 Å². The Morgan fingerprint density at radius 1 is 1.04 bits per heavy atom. The maximum Gasteiger partial charge on any atom is 0.409 e. The number of ether oxygens (including phenoxy) is 1. The molecular weight excluding hydrogens is 334 g/mol. The van der Waals surface area contributed by atoms with Gasteiger partial charge >= 0.3 is 6.09 Å². The smallest absolute Gasteiger partial charge is 0.409 e. The van der Waals surface area contributed by atoms with E-state index in [0.29, 0.717) is 44.3 Å². The van der Waals surface area contributed by atoms with Crippen LogP contribution >= 0.6 is 0 Å². The van der Waals surface area contributed by atoms with Crippen LogP contribution in [0.1, 0.15) is 44.0 Å². The summed E-state index contributed by atoms with van der Waals surface area (Å²) in [6.07, 6.45) is 4.77. The van der Waals surface area contributed by atoms with Crippen molar-refractivity contribution in [1.82, 2.24) is 19.8 Å². The summed E-state index contributed by atoms with van der Waals surface area (Å²) in [6.45, 7) is 10.2. The molecule has 8 heteroatoms. The van der Waals surface area contributed by atoms with E-state index in [0.717, 1.165) is 25.9 Å². The summed E-state index contributed by atoms with van der Waals surface area (Å²) in [6, 6.07) is 0. The third-order valence-corrected chi connectivity index (χ3v) is 4.25. The lowest BCUT2D eigenvalue weighted by atomic mass is 10.2. The molecule has 2 amide bonds. The Morgan fingerprint density at radius 2 is 1.62 bits per heavy atom. The van der Waals surface area contributed by atoms with E-state index in [4.69, 9.17) is 4.74 Å². The summed E-state index contributed by atoms with van der Waals surface area (Å²) >= 11 is 0. The number of anilines is 1. The first-order valence-electron chi connectivity index (χ1n) is 9.38. The first-order valence-corrected chi connectivity index (χ1v) is 9.38. The summed E-state index contributed by atoms with van der Waals surface area (Å²) < 4.78 is 5.02. The second kappa shape index (κ2) is 9.94. The van der Waals surface area contributed by atoms with Gasteiger partial charge in [-0.15, -0.1) is 0 Å². The third kappa shape index (κ3) is 5.06. The van der Waals surface area contributed by atoms with Gasteiger partial charge in [-0.05, 0) is 19.8 Å². The topological polar surface area (TPSA) is 78.9 Å². The van der Waals surface area contributed by atoms with Crippen LogP contribution in [0.25, 0.3) is 0 Å². The van der Waals surface area contributed by atoms with Gasteiger partial charge in [0.25, 0.3) is 5.91 Å². The number of carbonyl (C=O) groups excluding carboxylic acids is 2. The van der Waals surface area contributed by atoms with Gasteiger partial charge in [0.1, 0.15) is 0 Å². The van der Waals surface area contributed by atoms with Crippen molar-refractivity contribution >= 4 is 17.9 Å². The first-order chi connectivity index (χ1) is 12.6. The molecule has 0 saturated carbocycles. The molecule has 26 heavy (non-hydrogen) atoms. The minimum absolute atomic E-state index is 0.0209. The molecule has 2 rings (SSSR count). The van der Waals surface area contributed by atoms with E-state index in [1.54, 1.807) is 24.2 Å². The number of hydrogen-bond donors (Lipinski definition) is 0. The molecule has 0 atom stereocenters. The third-order valence-electron chi connectivity index (χ3n) is 4.25. The van der Waals surface area contributed by atoms with Crippen LogP contribution in [0.5, 0.6) is 0 Å². The summed E-state index contributed by atoms with van der Waals surface area (Å²) in [7, 11) is 0. The number of carbonyl (C=O) groups is 2. The van der Waals surface area contributed by atoms with E-state index in [9.17, 15) is 9.59 Å². The molecule has 144 valence electrons. The van der Waals surface area contributed by atoms with Gasteiger partial charge in [0.2, 0.25) is 5.95 Å². The van der Waals surface area contributed by atoms with Gasteiger partial charge in [-0.2, -0.15) is 0 Å². The second-order valence-corrected chi connectivity index (χ2v) is 6.24. The molecule has 0 aliphatic carbocycles. The minimum Gasteiger partial charge on any atom is -0.450 e. The van der Waals surface area contributed by atoms with Gasteiger partial charge in [-0.1, -0.05) is 13.8 Å². The van der Waals surface area contributed by atoms with Crippen molar-refractivity contribution in [3.8, 4) is 0 Å². The Bertz CT molecular complexity index is 579. The van der Waals surface area contributed by atoms with Gasteiger partial charge in [-0.3, -0.25) is 4.79 Å². The molecule has 0 bridgehead atoms. The van der Waals surface area contributed by atoms with Gasteiger partial charge in [-0.25, -0.2) is 14.8 Å². The molecule has 0 unspecified atom stereocenters. The highest BCUT2D eigenvalue weighted by molar-refractivity contribution is 5.93. The Hall–Kier alpha value is -2.38. The van der Waals surface area contributed by atoms with Crippen LogP contribution in [0.4, 0.5) is 10.7 Å². The van der Waals surface area contributed by atoms with Gasteiger partial charge < -0.3 is 19.4 Å². The van der Waals surface area contributed by atoms with Gasteiger partial charge in [0.15, 0.2) is 0 Å². The molecule has 1 saturated heterocycles. The number of nitrogens with zero attached hydrogens (tertiary/aromatic N) is 5. The van der Waals surface area contributed by atoms with Crippen molar-refractivity contribution < 1.29 is 14.3 Å². The monoisotopic (exact) mass is 363 g/mol. The summed E-state index contributed by atoms with van der Waals surface area (Å²) in [4.78, 5) is 38.6. The van der Waals surface area contributed by atoms with E-state index in [-0.39, 0.29) is 12.0 Å². The number of piperazine rings is 1. The quantitative estimate of drug-likeness (QED) is 0.737. The van der Waals surface area contributed by atoms with Crippen LogP contribution in [0.3, 0.4) is 0 Å². The molecular formula is C18H29N5O3. The zero-order chi connectivity index (χ0) is 18.9. The molecule has 1 aromatic heterocycles. The molecule has 0 radical (unpaired) electrons. The van der Waals surface area contributed by atoms with Crippen LogP contribution in [0, 0.1) is 0 Å². The Labute approximate surface area is 155 Å². The molecule has 2 heterocycles. The van der Waals surface area contributed by atoms with E-state index in [1.807, 2.05) is 9.80 Å². The molecule has 1 aliphatic rings. The molecule has 1 aromatic rings. The number of hydrogen-bond acceptors (Lipinski definition) is 6. The highest BCUT2D eigenvalue weighted by Crippen LogP contribution is 2.13. The maximum atomic E-state index is 12.6. The van der Waals surface area contributed by atoms with Crippen LogP contribution in [0.15, 0.2) is 12.4 Å². The lowest BCUT2D eigenvalue weighted by Gasteiger charge is -2.34. The fourth-order valence-corrected chi connectivity index (χ4v) is 2.94. The standard InChI is InChI=1S/C18H29N5O3/c1-4-7-21(8-5-2)16(24)15-13-19-17(20-14-15)22-9-11-23(12-10-22)18(25)26-6-3/h13-14H,4-12H2,1-3H3. The SMILES string of the molecule is CCCN(CCC)C(=O)c1cnc(N2CCN(C(=O)OCC)CC2)nc1. The van der Waals surface area contributed by atoms with Crippen molar-refractivity contribution in [3.63, 3.8) is 0 Å². The van der Waals surface area contributed by atoms with E-state index >= 15 is 0 Å². The van der Waals surface area contributed by atoms with Gasteiger partial charge in [0.05, 0.1) is 12.2 Å². The predicted molar refractivity (Wildman–Crippen MR) is 99.3 cm³/mol.